The van der Waals surface area contributed by atoms with E-state index in [1.165, 1.54) is 5.56 Å². The molecule has 3 fully saturated rings. The number of aromatic nitrogens is 3. The third-order valence-electron chi connectivity index (χ3n) is 6.86. The van der Waals surface area contributed by atoms with Crippen LogP contribution >= 0.6 is 0 Å². The fourth-order valence-electron chi connectivity index (χ4n) is 5.01. The van der Waals surface area contributed by atoms with E-state index >= 15 is 0 Å². The molecule has 1 saturated carbocycles. The highest BCUT2D eigenvalue weighted by atomic mass is 16.5. The molecule has 2 aliphatic heterocycles. The first-order chi connectivity index (χ1) is 14.8. The molecule has 5 rings (SSSR count). The molecule has 4 heterocycles. The van der Waals surface area contributed by atoms with Crippen LogP contribution in [0.25, 0.3) is 10.9 Å². The number of nitrogens with one attached hydrogen (secondary N) is 1. The lowest BCUT2D eigenvalue weighted by atomic mass is 9.82. The molecular formula is C23H32N4O3. The standard InChI is InChI=1S/C23H32N4O3/c28-17-3-1-16(2-4-17)19-12-26-23(30-18-5-8-24-9-6-18)20-13-25-21(27-22(19)20)11-15-7-10-29-14-15/h12-13,15-18,24,28H,1-11,14H2/t15-,16?,17?/m1/s1. The van der Waals surface area contributed by atoms with Gasteiger partial charge in [0.15, 0.2) is 0 Å². The zero-order valence-electron chi connectivity index (χ0n) is 17.6. The summed E-state index contributed by atoms with van der Waals surface area (Å²) in [6.45, 7) is 3.60. The Kier molecular flexibility index (Phi) is 6.11. The fourth-order valence-corrected chi connectivity index (χ4v) is 5.01. The summed E-state index contributed by atoms with van der Waals surface area (Å²) in [5.74, 6) is 2.43. The van der Waals surface area contributed by atoms with Crippen LogP contribution in [-0.4, -0.2) is 58.6 Å². The summed E-state index contributed by atoms with van der Waals surface area (Å²) in [5.41, 5.74) is 2.17. The second kappa shape index (κ2) is 9.12. The first-order valence-electron chi connectivity index (χ1n) is 11.5. The van der Waals surface area contributed by atoms with Gasteiger partial charge in [0.1, 0.15) is 11.9 Å². The summed E-state index contributed by atoms with van der Waals surface area (Å²) >= 11 is 0. The Balaban J connectivity index is 1.47. The Morgan fingerprint density at radius 3 is 2.63 bits per heavy atom. The molecule has 0 spiro atoms. The summed E-state index contributed by atoms with van der Waals surface area (Å²) in [7, 11) is 0. The fraction of sp³-hybridized carbons (Fsp3) is 0.696. The average Bonchev–Trinajstić information content (AvgIpc) is 3.28. The largest absolute Gasteiger partial charge is 0.474 e. The maximum Gasteiger partial charge on any atom is 0.224 e. The first-order valence-corrected chi connectivity index (χ1v) is 11.5. The summed E-state index contributed by atoms with van der Waals surface area (Å²) in [4.78, 5) is 14.4. The molecule has 2 saturated heterocycles. The lowest BCUT2D eigenvalue weighted by Gasteiger charge is -2.27. The van der Waals surface area contributed by atoms with E-state index in [0.717, 1.165) is 94.4 Å². The molecule has 0 aromatic carbocycles. The van der Waals surface area contributed by atoms with E-state index in [-0.39, 0.29) is 12.2 Å². The molecule has 0 radical (unpaired) electrons. The molecule has 3 aliphatic rings. The van der Waals surface area contributed by atoms with Crippen molar-refractivity contribution in [2.45, 2.75) is 69.5 Å². The second-order valence-corrected chi connectivity index (χ2v) is 9.07. The van der Waals surface area contributed by atoms with Crippen LogP contribution in [0.5, 0.6) is 5.88 Å². The Hall–Kier alpha value is -1.83. The van der Waals surface area contributed by atoms with Crippen molar-refractivity contribution in [2.24, 2.45) is 5.92 Å². The lowest BCUT2D eigenvalue weighted by molar-refractivity contribution is 0.122. The highest BCUT2D eigenvalue weighted by Gasteiger charge is 2.26. The summed E-state index contributed by atoms with van der Waals surface area (Å²) in [6.07, 6.45) is 11.5. The molecule has 162 valence electrons. The number of piperidine rings is 1. The predicted octanol–water partition coefficient (Wildman–Crippen LogP) is 2.75. The topological polar surface area (TPSA) is 89.4 Å². The SMILES string of the molecule is OC1CCC(c2cnc(OC3CCNCC3)c3cnc(C[C@H]4CCOC4)nc23)CC1. The van der Waals surface area contributed by atoms with Gasteiger partial charge in [-0.15, -0.1) is 0 Å². The Labute approximate surface area is 177 Å². The summed E-state index contributed by atoms with van der Waals surface area (Å²) in [6, 6.07) is 0. The van der Waals surface area contributed by atoms with E-state index < -0.39 is 0 Å². The van der Waals surface area contributed by atoms with Gasteiger partial charge < -0.3 is 19.9 Å². The van der Waals surface area contributed by atoms with Gasteiger partial charge in [0.2, 0.25) is 5.88 Å². The van der Waals surface area contributed by atoms with Crippen molar-refractivity contribution >= 4 is 10.9 Å². The molecule has 7 nitrogen and oxygen atoms in total. The van der Waals surface area contributed by atoms with E-state index in [9.17, 15) is 5.11 Å². The van der Waals surface area contributed by atoms with Gasteiger partial charge >= 0.3 is 0 Å². The number of ether oxygens (including phenoxy) is 2. The van der Waals surface area contributed by atoms with Crippen LogP contribution in [0.15, 0.2) is 12.4 Å². The van der Waals surface area contributed by atoms with E-state index in [1.54, 1.807) is 0 Å². The molecule has 1 atom stereocenters. The van der Waals surface area contributed by atoms with E-state index in [1.807, 2.05) is 12.4 Å². The van der Waals surface area contributed by atoms with Gasteiger partial charge in [-0.2, -0.15) is 0 Å². The predicted molar refractivity (Wildman–Crippen MR) is 114 cm³/mol. The molecule has 30 heavy (non-hydrogen) atoms. The van der Waals surface area contributed by atoms with Gasteiger partial charge in [0, 0.05) is 37.6 Å². The smallest absolute Gasteiger partial charge is 0.224 e. The molecule has 2 aromatic heterocycles. The minimum atomic E-state index is -0.171. The lowest BCUT2D eigenvalue weighted by Crippen LogP contribution is -2.34. The maximum absolute atomic E-state index is 9.94. The Morgan fingerprint density at radius 1 is 1.03 bits per heavy atom. The Bertz CT molecular complexity index is 857. The van der Waals surface area contributed by atoms with Crippen LogP contribution in [0.4, 0.5) is 0 Å². The summed E-state index contributed by atoms with van der Waals surface area (Å²) in [5, 5.41) is 14.2. The third-order valence-corrected chi connectivity index (χ3v) is 6.86. The van der Waals surface area contributed by atoms with Crippen molar-refractivity contribution in [3.05, 3.63) is 23.8 Å². The van der Waals surface area contributed by atoms with Gasteiger partial charge in [-0.25, -0.2) is 15.0 Å². The molecular weight excluding hydrogens is 380 g/mol. The van der Waals surface area contributed by atoms with Gasteiger partial charge in [-0.05, 0) is 69.9 Å². The van der Waals surface area contributed by atoms with Crippen molar-refractivity contribution in [1.82, 2.24) is 20.3 Å². The van der Waals surface area contributed by atoms with Gasteiger partial charge in [-0.3, -0.25) is 0 Å². The van der Waals surface area contributed by atoms with E-state index in [0.29, 0.717) is 17.7 Å². The van der Waals surface area contributed by atoms with Crippen molar-refractivity contribution in [1.29, 1.82) is 0 Å². The minimum Gasteiger partial charge on any atom is -0.474 e. The van der Waals surface area contributed by atoms with Gasteiger partial charge in [0.05, 0.1) is 17.0 Å². The third kappa shape index (κ3) is 4.43. The van der Waals surface area contributed by atoms with Crippen LogP contribution < -0.4 is 10.1 Å². The molecule has 2 N–H and O–H groups in total. The van der Waals surface area contributed by atoms with Crippen LogP contribution in [0.3, 0.4) is 0 Å². The zero-order valence-corrected chi connectivity index (χ0v) is 17.6. The number of nitrogens with zero attached hydrogens (tertiary/aromatic N) is 3. The number of hydrogen-bond donors (Lipinski definition) is 2. The average molecular weight is 413 g/mol. The monoisotopic (exact) mass is 412 g/mol. The zero-order chi connectivity index (χ0) is 20.3. The number of rotatable bonds is 5. The number of aliphatic hydroxyl groups is 1. The summed E-state index contributed by atoms with van der Waals surface area (Å²) < 4.78 is 11.8. The second-order valence-electron chi connectivity index (χ2n) is 9.07. The van der Waals surface area contributed by atoms with Gasteiger partial charge in [0.25, 0.3) is 0 Å². The van der Waals surface area contributed by atoms with E-state index in [4.69, 9.17) is 19.4 Å². The van der Waals surface area contributed by atoms with Crippen molar-refractivity contribution in [2.75, 3.05) is 26.3 Å². The molecule has 1 aliphatic carbocycles. The highest BCUT2D eigenvalue weighted by Crippen LogP contribution is 2.38. The normalized spacial score (nSPS) is 28.1. The number of fused-ring (bicyclic) bond motifs is 1. The molecule has 0 bridgehead atoms. The quantitative estimate of drug-likeness (QED) is 0.780. The van der Waals surface area contributed by atoms with E-state index in [2.05, 4.69) is 10.3 Å². The van der Waals surface area contributed by atoms with Crippen molar-refractivity contribution < 1.29 is 14.6 Å². The molecule has 0 amide bonds. The van der Waals surface area contributed by atoms with Crippen LogP contribution in [0.2, 0.25) is 0 Å². The van der Waals surface area contributed by atoms with Crippen LogP contribution in [0.1, 0.15) is 62.3 Å². The van der Waals surface area contributed by atoms with Crippen molar-refractivity contribution in [3.8, 4) is 5.88 Å². The highest BCUT2D eigenvalue weighted by molar-refractivity contribution is 5.85. The maximum atomic E-state index is 9.94. The number of hydrogen-bond acceptors (Lipinski definition) is 7. The minimum absolute atomic E-state index is 0.171. The first kappa shape index (κ1) is 20.1. The molecule has 7 heteroatoms. The molecule has 0 unspecified atom stereocenters. The number of aliphatic hydroxyl groups excluding tert-OH is 1. The molecule has 2 aromatic rings. The van der Waals surface area contributed by atoms with Crippen LogP contribution in [-0.2, 0) is 11.2 Å². The van der Waals surface area contributed by atoms with Crippen LogP contribution in [0, 0.1) is 5.92 Å². The van der Waals surface area contributed by atoms with Crippen molar-refractivity contribution in [3.63, 3.8) is 0 Å². The van der Waals surface area contributed by atoms with Gasteiger partial charge in [-0.1, -0.05) is 0 Å². The Morgan fingerprint density at radius 2 is 1.87 bits per heavy atom. The number of pyridine rings is 1.